The third-order valence-corrected chi connectivity index (χ3v) is 3.37. The molecule has 3 heteroatoms. The van der Waals surface area contributed by atoms with Gasteiger partial charge in [0.15, 0.2) is 0 Å². The van der Waals surface area contributed by atoms with Crippen LogP contribution in [0.2, 0.25) is 0 Å². The van der Waals surface area contributed by atoms with Crippen LogP contribution in [0.15, 0.2) is 18.3 Å². The highest BCUT2D eigenvalue weighted by molar-refractivity contribution is 5.45. The van der Waals surface area contributed by atoms with Gasteiger partial charge in [-0.2, -0.15) is 0 Å². The Bertz CT molecular complexity index is 310. The zero-order valence-corrected chi connectivity index (χ0v) is 9.48. The van der Waals surface area contributed by atoms with Gasteiger partial charge in [0.25, 0.3) is 0 Å². The van der Waals surface area contributed by atoms with Crippen LogP contribution in [0.1, 0.15) is 19.5 Å². The molecule has 3 nitrogen and oxygen atoms in total. The maximum atomic E-state index is 5.52. The summed E-state index contributed by atoms with van der Waals surface area (Å²) in [5.74, 6) is 1.55. The van der Waals surface area contributed by atoms with E-state index in [0.29, 0.717) is 6.54 Å². The van der Waals surface area contributed by atoms with Crippen LogP contribution in [0, 0.1) is 11.8 Å². The number of nitrogens with zero attached hydrogens (tertiary/aromatic N) is 2. The summed E-state index contributed by atoms with van der Waals surface area (Å²) in [4.78, 5) is 6.73. The molecular formula is C12H19N3. The molecule has 1 aromatic heterocycles. The number of anilines is 1. The highest BCUT2D eigenvalue weighted by Gasteiger charge is 2.26. The zero-order chi connectivity index (χ0) is 10.8. The molecule has 2 N–H and O–H groups in total. The first-order chi connectivity index (χ1) is 7.20. The second kappa shape index (κ2) is 4.19. The van der Waals surface area contributed by atoms with Gasteiger partial charge in [-0.15, -0.1) is 0 Å². The van der Waals surface area contributed by atoms with Gasteiger partial charge in [-0.1, -0.05) is 13.8 Å². The highest BCUT2D eigenvalue weighted by atomic mass is 15.2. The molecule has 1 aromatic rings. The van der Waals surface area contributed by atoms with Gasteiger partial charge in [0.2, 0.25) is 0 Å². The lowest BCUT2D eigenvalue weighted by molar-refractivity contribution is 0.494. The number of aromatic nitrogens is 1. The molecule has 0 spiro atoms. The van der Waals surface area contributed by atoms with Crippen LogP contribution in [0.25, 0.3) is 0 Å². The zero-order valence-electron chi connectivity index (χ0n) is 9.48. The second-order valence-corrected chi connectivity index (χ2v) is 4.57. The Kier molecular flexibility index (Phi) is 2.91. The molecule has 0 radical (unpaired) electrons. The monoisotopic (exact) mass is 205 g/mol. The van der Waals surface area contributed by atoms with Crippen LogP contribution >= 0.6 is 0 Å². The van der Waals surface area contributed by atoms with Gasteiger partial charge in [0.05, 0.1) is 17.6 Å². The number of rotatable bonds is 2. The fourth-order valence-electron chi connectivity index (χ4n) is 2.06. The third kappa shape index (κ3) is 2.12. The third-order valence-electron chi connectivity index (χ3n) is 3.37. The summed E-state index contributed by atoms with van der Waals surface area (Å²) in [5.41, 5.74) is 7.70. The SMILES string of the molecule is CC1CN(c2ccc(CN)nc2)CC1C. The fourth-order valence-corrected chi connectivity index (χ4v) is 2.06. The predicted molar refractivity (Wildman–Crippen MR) is 62.7 cm³/mol. The van der Waals surface area contributed by atoms with E-state index in [0.717, 1.165) is 30.6 Å². The van der Waals surface area contributed by atoms with Crippen molar-refractivity contribution in [2.75, 3.05) is 18.0 Å². The Morgan fingerprint density at radius 1 is 1.33 bits per heavy atom. The summed E-state index contributed by atoms with van der Waals surface area (Å²) >= 11 is 0. The van der Waals surface area contributed by atoms with Crippen molar-refractivity contribution in [1.82, 2.24) is 4.98 Å². The van der Waals surface area contributed by atoms with E-state index in [1.165, 1.54) is 5.69 Å². The normalized spacial score (nSPS) is 25.9. The Morgan fingerprint density at radius 3 is 2.47 bits per heavy atom. The van der Waals surface area contributed by atoms with E-state index in [1.54, 1.807) is 0 Å². The highest BCUT2D eigenvalue weighted by Crippen LogP contribution is 2.26. The van der Waals surface area contributed by atoms with Crippen molar-refractivity contribution < 1.29 is 0 Å². The van der Waals surface area contributed by atoms with E-state index in [9.17, 15) is 0 Å². The molecule has 1 saturated heterocycles. The molecule has 0 saturated carbocycles. The van der Waals surface area contributed by atoms with Gasteiger partial charge in [-0.25, -0.2) is 0 Å². The largest absolute Gasteiger partial charge is 0.370 e. The average Bonchev–Trinajstić information content (AvgIpc) is 2.59. The Labute approximate surface area is 91.3 Å². The van der Waals surface area contributed by atoms with E-state index in [-0.39, 0.29) is 0 Å². The van der Waals surface area contributed by atoms with E-state index in [2.05, 4.69) is 29.8 Å². The van der Waals surface area contributed by atoms with Crippen LogP contribution in [-0.2, 0) is 6.54 Å². The second-order valence-electron chi connectivity index (χ2n) is 4.57. The molecule has 2 heterocycles. The van der Waals surface area contributed by atoms with E-state index >= 15 is 0 Å². The molecule has 1 fully saturated rings. The molecule has 2 rings (SSSR count). The van der Waals surface area contributed by atoms with Crippen LogP contribution in [0.3, 0.4) is 0 Å². The molecular weight excluding hydrogens is 186 g/mol. The summed E-state index contributed by atoms with van der Waals surface area (Å²) in [6.07, 6.45) is 1.94. The van der Waals surface area contributed by atoms with Crippen molar-refractivity contribution in [2.24, 2.45) is 17.6 Å². The fraction of sp³-hybridized carbons (Fsp3) is 0.583. The quantitative estimate of drug-likeness (QED) is 0.798. The van der Waals surface area contributed by atoms with Crippen LogP contribution in [0.4, 0.5) is 5.69 Å². The predicted octanol–water partition coefficient (Wildman–Crippen LogP) is 1.63. The van der Waals surface area contributed by atoms with Crippen LogP contribution in [-0.4, -0.2) is 18.1 Å². The Morgan fingerprint density at radius 2 is 2.00 bits per heavy atom. The first-order valence-corrected chi connectivity index (χ1v) is 5.60. The van der Waals surface area contributed by atoms with Crippen molar-refractivity contribution in [2.45, 2.75) is 20.4 Å². The minimum absolute atomic E-state index is 0.521. The van der Waals surface area contributed by atoms with Crippen LogP contribution < -0.4 is 10.6 Å². The molecule has 0 amide bonds. The number of hydrogen-bond acceptors (Lipinski definition) is 3. The van der Waals surface area contributed by atoms with Gasteiger partial charge < -0.3 is 10.6 Å². The number of nitrogens with two attached hydrogens (primary N) is 1. The van der Waals surface area contributed by atoms with Gasteiger partial charge in [0, 0.05) is 19.6 Å². The van der Waals surface area contributed by atoms with Crippen LogP contribution in [0.5, 0.6) is 0 Å². The molecule has 2 unspecified atom stereocenters. The van der Waals surface area contributed by atoms with Gasteiger partial charge >= 0.3 is 0 Å². The summed E-state index contributed by atoms with van der Waals surface area (Å²) < 4.78 is 0. The smallest absolute Gasteiger partial charge is 0.0553 e. The molecule has 1 aliphatic heterocycles. The topological polar surface area (TPSA) is 42.1 Å². The maximum absolute atomic E-state index is 5.52. The van der Waals surface area contributed by atoms with E-state index in [4.69, 9.17) is 5.73 Å². The Balaban J connectivity index is 2.10. The van der Waals surface area contributed by atoms with Crippen molar-refractivity contribution in [3.63, 3.8) is 0 Å². The van der Waals surface area contributed by atoms with E-state index < -0.39 is 0 Å². The number of pyridine rings is 1. The molecule has 2 atom stereocenters. The van der Waals surface area contributed by atoms with Crippen molar-refractivity contribution in [3.8, 4) is 0 Å². The van der Waals surface area contributed by atoms with Gasteiger partial charge in [-0.05, 0) is 24.0 Å². The van der Waals surface area contributed by atoms with E-state index in [1.807, 2.05) is 12.3 Å². The van der Waals surface area contributed by atoms with Crippen molar-refractivity contribution in [3.05, 3.63) is 24.0 Å². The van der Waals surface area contributed by atoms with Gasteiger partial charge in [-0.3, -0.25) is 4.98 Å². The lowest BCUT2D eigenvalue weighted by Crippen LogP contribution is -2.19. The first kappa shape index (κ1) is 10.4. The Hall–Kier alpha value is -1.09. The minimum atomic E-state index is 0.521. The molecule has 1 aliphatic rings. The standard InChI is InChI=1S/C12H19N3/c1-9-7-15(8-10(9)2)12-4-3-11(5-13)14-6-12/h3-4,6,9-10H,5,7-8,13H2,1-2H3. The number of hydrogen-bond donors (Lipinski definition) is 1. The molecule has 82 valence electrons. The maximum Gasteiger partial charge on any atom is 0.0553 e. The summed E-state index contributed by atoms with van der Waals surface area (Å²) in [6, 6.07) is 4.14. The van der Waals surface area contributed by atoms with Crippen molar-refractivity contribution in [1.29, 1.82) is 0 Å². The lowest BCUT2D eigenvalue weighted by Gasteiger charge is -2.17. The lowest BCUT2D eigenvalue weighted by atomic mass is 10.0. The van der Waals surface area contributed by atoms with Gasteiger partial charge in [0.1, 0.15) is 0 Å². The first-order valence-electron chi connectivity index (χ1n) is 5.60. The summed E-state index contributed by atoms with van der Waals surface area (Å²) in [6.45, 7) is 7.43. The summed E-state index contributed by atoms with van der Waals surface area (Å²) in [7, 11) is 0. The molecule has 0 bridgehead atoms. The minimum Gasteiger partial charge on any atom is -0.370 e. The molecule has 15 heavy (non-hydrogen) atoms. The van der Waals surface area contributed by atoms with Crippen molar-refractivity contribution >= 4 is 5.69 Å². The average molecular weight is 205 g/mol. The molecule has 0 aromatic carbocycles. The molecule has 0 aliphatic carbocycles. The summed E-state index contributed by atoms with van der Waals surface area (Å²) in [5, 5.41) is 0.